The molecule has 0 heterocycles. The lowest BCUT2D eigenvalue weighted by molar-refractivity contribution is 0.555. The van der Waals surface area contributed by atoms with Gasteiger partial charge in [0.15, 0.2) is 0 Å². The Morgan fingerprint density at radius 3 is 1.11 bits per heavy atom. The van der Waals surface area contributed by atoms with E-state index in [1.165, 1.54) is 80.8 Å². The molecule has 0 N–H and O–H groups in total. The van der Waals surface area contributed by atoms with Crippen molar-refractivity contribution in [2.75, 3.05) is 0 Å². The van der Waals surface area contributed by atoms with Crippen LogP contribution in [-0.2, 0) is 19.3 Å². The van der Waals surface area contributed by atoms with Crippen molar-refractivity contribution in [3.63, 3.8) is 0 Å². The largest absolute Gasteiger partial charge is 0.0628 e. The maximum atomic E-state index is 2.34. The van der Waals surface area contributed by atoms with Gasteiger partial charge in [0.25, 0.3) is 0 Å². The number of benzene rings is 3. The van der Waals surface area contributed by atoms with Crippen LogP contribution in [0.4, 0.5) is 0 Å². The molecule has 0 atom stereocenters. The van der Waals surface area contributed by atoms with Crippen LogP contribution in [0.3, 0.4) is 0 Å². The summed E-state index contributed by atoms with van der Waals surface area (Å²) in [6.07, 6.45) is 10.3. The molecular weight excluding hydrogens is 686 g/mol. The van der Waals surface area contributed by atoms with E-state index in [1.54, 1.807) is 0 Å². The molecule has 0 aliphatic heterocycles. The second-order valence-corrected chi connectivity index (χ2v) is 14.2. The summed E-state index contributed by atoms with van der Waals surface area (Å²) in [5.74, 6) is 2.48. The molecule has 3 rings (SSSR count). The third-order valence-corrected chi connectivity index (χ3v) is 7.89. The predicted molar refractivity (Wildman–Crippen MR) is 188 cm³/mol. The molecule has 38 heavy (non-hydrogen) atoms. The molecule has 0 nitrogen and oxygen atoms in total. The van der Waals surface area contributed by atoms with E-state index in [4.69, 9.17) is 0 Å². The summed E-state index contributed by atoms with van der Waals surface area (Å²) in [5.41, 5.74) is 5.77. The van der Waals surface area contributed by atoms with Gasteiger partial charge in [0, 0.05) is 7.14 Å². The molecule has 0 saturated heterocycles. The lowest BCUT2D eigenvalue weighted by atomic mass is 10.0. The van der Waals surface area contributed by atoms with E-state index in [-0.39, 0.29) is 0 Å². The molecule has 0 unspecified atom stereocenters. The maximum absolute atomic E-state index is 2.34. The minimum absolute atomic E-state index is 0.810. The van der Waals surface area contributed by atoms with Gasteiger partial charge in [-0.2, -0.15) is 0 Å². The highest BCUT2D eigenvalue weighted by atomic mass is 127. The summed E-state index contributed by atoms with van der Waals surface area (Å²) in [5, 5.41) is 0. The van der Waals surface area contributed by atoms with E-state index in [1.807, 2.05) is 0 Å². The number of aryl methyl sites for hydroxylation is 4. The van der Waals surface area contributed by atoms with Crippen LogP contribution in [0.1, 0.15) is 95.9 Å². The molecule has 0 saturated carbocycles. The molecule has 0 radical (unpaired) electrons. The molecule has 0 aliphatic carbocycles. The van der Waals surface area contributed by atoms with Crippen LogP contribution in [-0.4, -0.2) is 0 Å². The molecule has 0 amide bonds. The first kappa shape index (κ1) is 35.1. The van der Waals surface area contributed by atoms with Gasteiger partial charge in [-0.3, -0.25) is 0 Å². The van der Waals surface area contributed by atoms with Gasteiger partial charge in [0.1, 0.15) is 0 Å². The summed E-state index contributed by atoms with van der Waals surface area (Å²) < 4.78 is 2.64. The average Bonchev–Trinajstić information content (AvgIpc) is 2.86. The van der Waals surface area contributed by atoms with Crippen molar-refractivity contribution < 1.29 is 0 Å². The van der Waals surface area contributed by atoms with Crippen molar-refractivity contribution >= 4 is 45.2 Å². The van der Waals surface area contributed by atoms with Gasteiger partial charge in [-0.05, 0) is 149 Å². The van der Waals surface area contributed by atoms with Crippen molar-refractivity contribution in [3.8, 4) is 0 Å². The Kier molecular flexibility index (Phi) is 19.4. The normalized spacial score (nSPS) is 10.7. The zero-order chi connectivity index (χ0) is 28.3. The molecule has 3 aromatic rings. The Bertz CT molecular complexity index is 896. The number of hydrogen-bond acceptors (Lipinski definition) is 0. The van der Waals surface area contributed by atoms with Crippen molar-refractivity contribution in [1.82, 2.24) is 0 Å². The Morgan fingerprint density at radius 2 is 0.763 bits per heavy atom. The average molecular weight is 739 g/mol. The first-order chi connectivity index (χ1) is 18.0. The van der Waals surface area contributed by atoms with Gasteiger partial charge in [-0.25, -0.2) is 0 Å². The first-order valence-corrected chi connectivity index (χ1v) is 16.7. The fraction of sp³-hybridized carbons (Fsp3) is 0.500. The number of hydrogen-bond donors (Lipinski definition) is 0. The van der Waals surface area contributed by atoms with Gasteiger partial charge < -0.3 is 0 Å². The Labute approximate surface area is 263 Å². The number of halogens is 2. The van der Waals surface area contributed by atoms with Crippen molar-refractivity contribution in [2.24, 2.45) is 17.8 Å². The zero-order valence-electron chi connectivity index (χ0n) is 25.1. The quantitative estimate of drug-likeness (QED) is 0.172. The summed E-state index contributed by atoms with van der Waals surface area (Å²) in [4.78, 5) is 0. The Balaban J connectivity index is 0.000000285. The number of rotatable bonds is 11. The fourth-order valence-electron chi connectivity index (χ4n) is 3.94. The summed E-state index contributed by atoms with van der Waals surface area (Å²) in [6.45, 7) is 15.8. The van der Waals surface area contributed by atoms with E-state index in [0.717, 1.165) is 17.8 Å². The van der Waals surface area contributed by atoms with E-state index in [2.05, 4.69) is 166 Å². The predicted octanol–water partition coefficient (Wildman–Crippen LogP) is 12.1. The summed E-state index contributed by atoms with van der Waals surface area (Å²) in [6, 6.07) is 26.5. The van der Waals surface area contributed by atoms with Crippen LogP contribution < -0.4 is 0 Å². The third-order valence-electron chi connectivity index (χ3n) is 6.45. The van der Waals surface area contributed by atoms with Gasteiger partial charge in [0.05, 0.1) is 0 Å². The monoisotopic (exact) mass is 738 g/mol. The summed E-state index contributed by atoms with van der Waals surface area (Å²) in [7, 11) is 0. The molecule has 210 valence electrons. The van der Waals surface area contributed by atoms with E-state index in [9.17, 15) is 0 Å². The highest BCUT2D eigenvalue weighted by Gasteiger charge is 1.98. The fourth-order valence-corrected chi connectivity index (χ4v) is 4.66. The minimum atomic E-state index is 0.810. The second-order valence-electron chi connectivity index (χ2n) is 11.7. The molecule has 0 bridgehead atoms. The molecule has 3 aromatic carbocycles. The smallest absolute Gasteiger partial charge is 0.0130 e. The second kappa shape index (κ2) is 20.9. The molecule has 0 aliphatic rings. The Hall–Kier alpha value is -0.880. The molecule has 0 fully saturated rings. The van der Waals surface area contributed by atoms with Crippen LogP contribution in [0.5, 0.6) is 0 Å². The van der Waals surface area contributed by atoms with Crippen LogP contribution in [0.25, 0.3) is 0 Å². The van der Waals surface area contributed by atoms with Crippen LogP contribution in [0.15, 0.2) is 72.8 Å². The lowest BCUT2D eigenvalue weighted by Crippen LogP contribution is -1.91. The maximum Gasteiger partial charge on any atom is 0.0130 e. The van der Waals surface area contributed by atoms with Gasteiger partial charge in [0.2, 0.25) is 0 Å². The van der Waals surface area contributed by atoms with Gasteiger partial charge >= 0.3 is 0 Å². The van der Waals surface area contributed by atoms with Crippen LogP contribution >= 0.6 is 45.2 Å². The summed E-state index contributed by atoms with van der Waals surface area (Å²) >= 11 is 4.68. The third kappa shape index (κ3) is 19.2. The van der Waals surface area contributed by atoms with Crippen LogP contribution in [0, 0.1) is 31.8 Å². The first-order valence-electron chi connectivity index (χ1n) is 14.6. The van der Waals surface area contributed by atoms with Crippen LogP contribution in [0.2, 0.25) is 0 Å². The van der Waals surface area contributed by atoms with E-state index >= 15 is 0 Å². The Morgan fingerprint density at radius 1 is 0.447 bits per heavy atom. The molecule has 0 spiro atoms. The zero-order valence-corrected chi connectivity index (χ0v) is 29.4. The van der Waals surface area contributed by atoms with Crippen molar-refractivity contribution in [3.05, 3.63) is 102 Å². The van der Waals surface area contributed by atoms with Crippen molar-refractivity contribution in [2.45, 2.75) is 99.8 Å². The highest BCUT2D eigenvalue weighted by Crippen LogP contribution is 2.13. The van der Waals surface area contributed by atoms with E-state index in [0.29, 0.717) is 0 Å². The van der Waals surface area contributed by atoms with Crippen molar-refractivity contribution in [1.29, 1.82) is 0 Å². The van der Waals surface area contributed by atoms with E-state index < -0.39 is 0 Å². The minimum Gasteiger partial charge on any atom is -0.0628 e. The SMILES string of the molecule is CC(C)CCCc1ccc(I)cc1.CC(C)CCc1ccc(I)cc1.Cc1ccc(CCCC(C)C)cc1. The molecule has 0 aromatic heterocycles. The molecule has 2 heteroatoms. The van der Waals surface area contributed by atoms with Gasteiger partial charge in [-0.1, -0.05) is 108 Å². The molecular formula is C36H52I2. The standard InChI is InChI=1S/C13H20.C12H17I.C11H15I/c1-11(2)5-4-6-13-9-7-12(3)8-10-13;1-10(2)4-3-5-11-6-8-12(13)9-7-11;1-9(2)3-4-10-5-7-11(12)8-6-10/h7-11H,4-6H2,1-3H3;6-10H,3-5H2,1-2H3;5-9H,3-4H2,1-2H3. The topological polar surface area (TPSA) is 0 Å². The highest BCUT2D eigenvalue weighted by molar-refractivity contribution is 14.1. The van der Waals surface area contributed by atoms with Gasteiger partial charge in [-0.15, -0.1) is 0 Å². The lowest BCUT2D eigenvalue weighted by Gasteiger charge is -2.04.